The molecule has 3 N–H and O–H groups in total. The topological polar surface area (TPSA) is 92.3 Å². The highest BCUT2D eigenvalue weighted by Gasteiger charge is 2.30. The molecule has 0 fully saturated rings. The molecule has 0 aromatic carbocycles. The van der Waals surface area contributed by atoms with Gasteiger partial charge in [-0.25, -0.2) is 9.78 Å². The number of ether oxygens (including phenoxy) is 1. The van der Waals surface area contributed by atoms with Gasteiger partial charge in [0, 0.05) is 12.7 Å². The van der Waals surface area contributed by atoms with E-state index in [1.165, 1.54) is 7.11 Å². The van der Waals surface area contributed by atoms with Gasteiger partial charge in [0.1, 0.15) is 5.54 Å². The fourth-order valence-corrected chi connectivity index (χ4v) is 1.69. The van der Waals surface area contributed by atoms with Crippen LogP contribution in [-0.4, -0.2) is 36.1 Å². The lowest BCUT2D eigenvalue weighted by Crippen LogP contribution is -2.56. The summed E-state index contributed by atoms with van der Waals surface area (Å²) in [7, 11) is 1.49. The van der Waals surface area contributed by atoms with E-state index in [0.29, 0.717) is 18.1 Å². The van der Waals surface area contributed by atoms with Crippen LogP contribution in [0.2, 0.25) is 0 Å². The van der Waals surface area contributed by atoms with Gasteiger partial charge in [0.05, 0.1) is 7.11 Å². The van der Waals surface area contributed by atoms with E-state index in [2.05, 4.69) is 20.9 Å². The number of hydrogen-bond acceptors (Lipinski definition) is 4. The Balaban J connectivity index is 2.66. The summed E-state index contributed by atoms with van der Waals surface area (Å²) in [4.78, 5) is 28.4. The third-order valence-corrected chi connectivity index (χ3v) is 3.00. The smallest absolute Gasteiger partial charge is 0.321 e. The first-order valence-corrected chi connectivity index (χ1v) is 7.41. The molecular weight excluding hydrogens is 296 g/mol. The molecule has 3 amide bonds. The molecule has 0 unspecified atom stereocenters. The van der Waals surface area contributed by atoms with Gasteiger partial charge in [-0.05, 0) is 31.4 Å². The van der Waals surface area contributed by atoms with Crippen LogP contribution in [-0.2, 0) is 4.79 Å². The van der Waals surface area contributed by atoms with E-state index in [1.54, 1.807) is 32.2 Å². The first-order valence-electron chi connectivity index (χ1n) is 7.41. The molecule has 0 aliphatic rings. The molecule has 0 saturated heterocycles. The quantitative estimate of drug-likeness (QED) is 0.774. The standard InChI is InChI=1S/C16H26N4O3/c1-15(2,3)10-18-13(21)16(4,5)20-14(22)19-12-11(23-6)8-7-9-17-12/h7-9H,10H2,1-6H3,(H,18,21)(H2,17,19,20,22). The number of hydrogen-bond donors (Lipinski definition) is 3. The minimum absolute atomic E-state index is 0.0324. The van der Waals surface area contributed by atoms with Crippen molar-refractivity contribution in [1.82, 2.24) is 15.6 Å². The summed E-state index contributed by atoms with van der Waals surface area (Å²) < 4.78 is 5.12. The van der Waals surface area contributed by atoms with Gasteiger partial charge in [0.2, 0.25) is 5.91 Å². The lowest BCUT2D eigenvalue weighted by molar-refractivity contribution is -0.126. The molecule has 0 radical (unpaired) electrons. The van der Waals surface area contributed by atoms with Crippen LogP contribution >= 0.6 is 0 Å². The molecule has 0 aliphatic carbocycles. The van der Waals surface area contributed by atoms with Crippen molar-refractivity contribution in [3.8, 4) is 5.75 Å². The highest BCUT2D eigenvalue weighted by Crippen LogP contribution is 2.20. The number of pyridine rings is 1. The molecule has 1 aromatic heterocycles. The van der Waals surface area contributed by atoms with E-state index in [0.717, 1.165) is 0 Å². The summed E-state index contributed by atoms with van der Waals surface area (Å²) in [5.41, 5.74) is -1.09. The third kappa shape index (κ3) is 6.14. The molecule has 0 bridgehead atoms. The number of amides is 3. The van der Waals surface area contributed by atoms with E-state index in [9.17, 15) is 9.59 Å². The van der Waals surface area contributed by atoms with Crippen LogP contribution in [0.4, 0.5) is 10.6 Å². The molecule has 1 heterocycles. The van der Waals surface area contributed by atoms with Crippen molar-refractivity contribution >= 4 is 17.8 Å². The number of carbonyl (C=O) groups excluding carboxylic acids is 2. The Hall–Kier alpha value is -2.31. The Morgan fingerprint density at radius 2 is 1.87 bits per heavy atom. The number of methoxy groups -OCH3 is 1. The zero-order valence-corrected chi connectivity index (χ0v) is 14.6. The normalized spacial score (nSPS) is 11.6. The summed E-state index contributed by atoms with van der Waals surface area (Å²) in [5, 5.41) is 8.05. The fourth-order valence-electron chi connectivity index (χ4n) is 1.69. The lowest BCUT2D eigenvalue weighted by Gasteiger charge is -2.27. The van der Waals surface area contributed by atoms with E-state index >= 15 is 0 Å². The minimum Gasteiger partial charge on any atom is -0.493 e. The number of aromatic nitrogens is 1. The first kappa shape index (κ1) is 18.7. The predicted octanol–water partition coefficient (Wildman–Crippen LogP) is 2.15. The average Bonchev–Trinajstić information content (AvgIpc) is 2.43. The molecule has 7 heteroatoms. The van der Waals surface area contributed by atoms with Gasteiger partial charge in [0.25, 0.3) is 0 Å². The molecule has 0 aliphatic heterocycles. The maximum atomic E-state index is 12.2. The average molecular weight is 322 g/mol. The monoisotopic (exact) mass is 322 g/mol. The Labute approximate surface area is 137 Å². The van der Waals surface area contributed by atoms with Gasteiger partial charge in [-0.2, -0.15) is 0 Å². The largest absolute Gasteiger partial charge is 0.493 e. The Morgan fingerprint density at radius 1 is 1.22 bits per heavy atom. The molecule has 7 nitrogen and oxygen atoms in total. The lowest BCUT2D eigenvalue weighted by atomic mass is 9.96. The van der Waals surface area contributed by atoms with Crippen LogP contribution in [0.15, 0.2) is 18.3 Å². The second kappa shape index (κ2) is 7.30. The molecule has 1 rings (SSSR count). The summed E-state index contributed by atoms with van der Waals surface area (Å²) in [6.07, 6.45) is 1.54. The van der Waals surface area contributed by atoms with Crippen molar-refractivity contribution in [3.05, 3.63) is 18.3 Å². The Kier molecular flexibility index (Phi) is 5.95. The fraction of sp³-hybridized carbons (Fsp3) is 0.562. The maximum absolute atomic E-state index is 12.2. The predicted molar refractivity (Wildman–Crippen MR) is 89.5 cm³/mol. The van der Waals surface area contributed by atoms with Crippen LogP contribution in [0.3, 0.4) is 0 Å². The third-order valence-electron chi connectivity index (χ3n) is 3.00. The second-order valence-electron chi connectivity index (χ2n) is 7.00. The highest BCUT2D eigenvalue weighted by atomic mass is 16.5. The number of nitrogens with zero attached hydrogens (tertiary/aromatic N) is 1. The summed E-state index contributed by atoms with van der Waals surface area (Å²) >= 11 is 0. The van der Waals surface area contributed by atoms with Crippen molar-refractivity contribution in [3.63, 3.8) is 0 Å². The molecule has 23 heavy (non-hydrogen) atoms. The number of carbonyl (C=O) groups is 2. The van der Waals surface area contributed by atoms with Gasteiger partial charge >= 0.3 is 6.03 Å². The molecule has 0 spiro atoms. The molecule has 0 saturated carbocycles. The maximum Gasteiger partial charge on any atom is 0.321 e. The van der Waals surface area contributed by atoms with Crippen LogP contribution in [0.25, 0.3) is 0 Å². The first-order chi connectivity index (χ1) is 10.5. The van der Waals surface area contributed by atoms with E-state index in [1.807, 2.05) is 20.8 Å². The Bertz CT molecular complexity index is 565. The van der Waals surface area contributed by atoms with Crippen LogP contribution < -0.4 is 20.7 Å². The van der Waals surface area contributed by atoms with E-state index in [-0.39, 0.29) is 11.3 Å². The van der Waals surface area contributed by atoms with Crippen LogP contribution in [0.1, 0.15) is 34.6 Å². The van der Waals surface area contributed by atoms with Crippen molar-refractivity contribution < 1.29 is 14.3 Å². The minimum atomic E-state index is -1.06. The zero-order chi connectivity index (χ0) is 17.7. The van der Waals surface area contributed by atoms with Crippen molar-refractivity contribution in [2.75, 3.05) is 19.0 Å². The van der Waals surface area contributed by atoms with Crippen LogP contribution in [0, 0.1) is 5.41 Å². The van der Waals surface area contributed by atoms with E-state index < -0.39 is 11.6 Å². The van der Waals surface area contributed by atoms with Gasteiger partial charge in [-0.3, -0.25) is 10.1 Å². The number of anilines is 1. The van der Waals surface area contributed by atoms with Gasteiger partial charge in [-0.1, -0.05) is 20.8 Å². The van der Waals surface area contributed by atoms with Gasteiger partial charge < -0.3 is 15.4 Å². The van der Waals surface area contributed by atoms with Crippen molar-refractivity contribution in [2.45, 2.75) is 40.2 Å². The number of rotatable bonds is 5. The van der Waals surface area contributed by atoms with Crippen LogP contribution in [0.5, 0.6) is 5.75 Å². The zero-order valence-electron chi connectivity index (χ0n) is 14.6. The molecular formula is C16H26N4O3. The Morgan fingerprint density at radius 3 is 2.43 bits per heavy atom. The van der Waals surface area contributed by atoms with E-state index in [4.69, 9.17) is 4.74 Å². The molecule has 1 aromatic rings. The summed E-state index contributed by atoms with van der Waals surface area (Å²) in [6, 6.07) is 2.85. The highest BCUT2D eigenvalue weighted by molar-refractivity contribution is 5.95. The van der Waals surface area contributed by atoms with Crippen molar-refractivity contribution in [1.29, 1.82) is 0 Å². The molecule has 128 valence electrons. The van der Waals surface area contributed by atoms with Gasteiger partial charge in [-0.15, -0.1) is 0 Å². The van der Waals surface area contributed by atoms with Crippen molar-refractivity contribution in [2.24, 2.45) is 5.41 Å². The number of urea groups is 1. The SMILES string of the molecule is COc1cccnc1NC(=O)NC(C)(C)C(=O)NCC(C)(C)C. The molecule has 0 atom stereocenters. The summed E-state index contributed by atoms with van der Waals surface area (Å²) in [5.74, 6) is 0.478. The van der Waals surface area contributed by atoms with Gasteiger partial charge in [0.15, 0.2) is 11.6 Å². The second-order valence-corrected chi connectivity index (χ2v) is 7.00. The number of nitrogens with one attached hydrogen (secondary N) is 3. The summed E-state index contributed by atoms with van der Waals surface area (Å²) in [6.45, 7) is 9.86.